The van der Waals surface area contributed by atoms with E-state index >= 15 is 0 Å². The van der Waals surface area contributed by atoms with Crippen LogP contribution in [0.3, 0.4) is 0 Å². The molecule has 6 heteroatoms. The van der Waals surface area contributed by atoms with Crippen LogP contribution in [0, 0.1) is 0 Å². The lowest BCUT2D eigenvalue weighted by atomic mass is 10.2. The number of amides is 2. The van der Waals surface area contributed by atoms with Crippen molar-refractivity contribution >= 4 is 28.9 Å². The summed E-state index contributed by atoms with van der Waals surface area (Å²) in [4.78, 5) is 24.1. The summed E-state index contributed by atoms with van der Waals surface area (Å²) in [5.74, 6) is 0.558. The second-order valence-corrected chi connectivity index (χ2v) is 6.61. The van der Waals surface area contributed by atoms with E-state index in [0.717, 1.165) is 30.7 Å². The van der Waals surface area contributed by atoms with Crippen molar-refractivity contribution in [2.75, 3.05) is 29.1 Å². The number of unbranched alkanes of at least 4 members (excludes halogenated alkanes) is 2. The first-order valence-corrected chi connectivity index (χ1v) is 9.88. The van der Waals surface area contributed by atoms with Gasteiger partial charge in [-0.05, 0) is 48.9 Å². The fourth-order valence-corrected chi connectivity index (χ4v) is 2.64. The van der Waals surface area contributed by atoms with Crippen molar-refractivity contribution in [3.05, 3.63) is 61.2 Å². The third-order valence-corrected chi connectivity index (χ3v) is 4.11. The molecule has 3 N–H and O–H groups in total. The van der Waals surface area contributed by atoms with Gasteiger partial charge in [0.2, 0.25) is 11.8 Å². The van der Waals surface area contributed by atoms with Crippen LogP contribution >= 0.6 is 0 Å². The van der Waals surface area contributed by atoms with Gasteiger partial charge in [0.15, 0.2) is 0 Å². The van der Waals surface area contributed by atoms with E-state index in [0.29, 0.717) is 24.4 Å². The van der Waals surface area contributed by atoms with E-state index < -0.39 is 0 Å². The quantitative estimate of drug-likeness (QED) is 0.356. The van der Waals surface area contributed by atoms with Crippen LogP contribution in [-0.4, -0.2) is 25.0 Å². The van der Waals surface area contributed by atoms with Crippen molar-refractivity contribution in [1.82, 2.24) is 0 Å². The molecule has 0 aliphatic rings. The first kappa shape index (κ1) is 22.0. The van der Waals surface area contributed by atoms with Gasteiger partial charge >= 0.3 is 0 Å². The number of hydrogen-bond donors (Lipinski definition) is 3. The Labute approximate surface area is 172 Å². The molecule has 0 unspecified atom stereocenters. The molecule has 2 aromatic carbocycles. The Bertz CT molecular complexity index is 803. The molecule has 0 heterocycles. The fourth-order valence-electron chi connectivity index (χ4n) is 2.64. The zero-order valence-electron chi connectivity index (χ0n) is 16.9. The van der Waals surface area contributed by atoms with Crippen LogP contribution in [0.5, 0.6) is 5.75 Å². The molecule has 0 aliphatic carbocycles. The lowest BCUT2D eigenvalue weighted by molar-refractivity contribution is -0.116. The molecule has 0 saturated heterocycles. The maximum atomic E-state index is 12.2. The van der Waals surface area contributed by atoms with Gasteiger partial charge in [-0.25, -0.2) is 0 Å². The maximum absolute atomic E-state index is 12.2. The summed E-state index contributed by atoms with van der Waals surface area (Å²) in [5, 5.41) is 8.79. The molecule has 0 aromatic heterocycles. The number of carbonyl (C=O) groups is 2. The van der Waals surface area contributed by atoms with Crippen LogP contribution in [0.2, 0.25) is 0 Å². The van der Waals surface area contributed by atoms with E-state index in [1.165, 1.54) is 0 Å². The first-order valence-electron chi connectivity index (χ1n) is 9.88. The van der Waals surface area contributed by atoms with E-state index in [9.17, 15) is 9.59 Å². The maximum Gasteiger partial charge on any atom is 0.243 e. The summed E-state index contributed by atoms with van der Waals surface area (Å²) >= 11 is 0. The predicted octanol–water partition coefficient (Wildman–Crippen LogP) is 4.82. The van der Waals surface area contributed by atoms with Crippen molar-refractivity contribution < 1.29 is 14.3 Å². The van der Waals surface area contributed by atoms with Crippen LogP contribution in [0.1, 0.15) is 32.6 Å². The minimum Gasteiger partial charge on any atom is -0.490 e. The van der Waals surface area contributed by atoms with Crippen LogP contribution in [-0.2, 0) is 9.59 Å². The van der Waals surface area contributed by atoms with Gasteiger partial charge in [0, 0.05) is 23.5 Å². The SMILES string of the molecule is C=CCOc1ccc(NC(=O)CNc2cccc(NC(=O)CCCCC)c2)cc1. The van der Waals surface area contributed by atoms with Gasteiger partial charge in [-0.2, -0.15) is 0 Å². The summed E-state index contributed by atoms with van der Waals surface area (Å²) in [5.41, 5.74) is 2.17. The summed E-state index contributed by atoms with van der Waals surface area (Å²) < 4.78 is 5.41. The molecule has 0 bridgehead atoms. The van der Waals surface area contributed by atoms with E-state index in [2.05, 4.69) is 29.5 Å². The number of ether oxygens (including phenoxy) is 1. The molecule has 0 aliphatic heterocycles. The Morgan fingerprint density at radius 2 is 1.69 bits per heavy atom. The normalized spacial score (nSPS) is 10.1. The van der Waals surface area contributed by atoms with Crippen molar-refractivity contribution in [3.8, 4) is 5.75 Å². The first-order chi connectivity index (χ1) is 14.1. The van der Waals surface area contributed by atoms with Crippen molar-refractivity contribution in [1.29, 1.82) is 0 Å². The molecule has 0 radical (unpaired) electrons. The minimum absolute atomic E-state index is 0.00820. The number of nitrogens with one attached hydrogen (secondary N) is 3. The monoisotopic (exact) mass is 395 g/mol. The van der Waals surface area contributed by atoms with Gasteiger partial charge in [-0.15, -0.1) is 0 Å². The molecule has 0 spiro atoms. The summed E-state index contributed by atoms with van der Waals surface area (Å²) in [6, 6.07) is 14.5. The average Bonchev–Trinajstić information content (AvgIpc) is 2.72. The molecular formula is C23H29N3O3. The smallest absolute Gasteiger partial charge is 0.243 e. The molecule has 2 rings (SSSR count). The molecule has 29 heavy (non-hydrogen) atoms. The predicted molar refractivity (Wildman–Crippen MR) is 118 cm³/mol. The highest BCUT2D eigenvalue weighted by molar-refractivity contribution is 5.94. The number of rotatable bonds is 12. The van der Waals surface area contributed by atoms with Gasteiger partial charge in [0.05, 0.1) is 6.54 Å². The Hall–Kier alpha value is -3.28. The van der Waals surface area contributed by atoms with E-state index in [4.69, 9.17) is 4.74 Å². The molecule has 6 nitrogen and oxygen atoms in total. The second-order valence-electron chi connectivity index (χ2n) is 6.61. The highest BCUT2D eigenvalue weighted by atomic mass is 16.5. The van der Waals surface area contributed by atoms with Gasteiger partial charge < -0.3 is 20.7 Å². The van der Waals surface area contributed by atoms with Gasteiger partial charge in [-0.3, -0.25) is 9.59 Å². The highest BCUT2D eigenvalue weighted by Crippen LogP contribution is 2.17. The Balaban J connectivity index is 1.79. The molecule has 2 aromatic rings. The highest BCUT2D eigenvalue weighted by Gasteiger charge is 2.05. The third-order valence-electron chi connectivity index (χ3n) is 4.11. The Kier molecular flexibility index (Phi) is 9.29. The van der Waals surface area contributed by atoms with Crippen molar-refractivity contribution in [3.63, 3.8) is 0 Å². The Morgan fingerprint density at radius 3 is 2.41 bits per heavy atom. The molecule has 154 valence electrons. The summed E-state index contributed by atoms with van der Waals surface area (Å²) in [6.45, 7) is 6.26. The van der Waals surface area contributed by atoms with Crippen molar-refractivity contribution in [2.24, 2.45) is 0 Å². The van der Waals surface area contributed by atoms with Crippen LogP contribution in [0.15, 0.2) is 61.2 Å². The van der Waals surface area contributed by atoms with Crippen LogP contribution < -0.4 is 20.7 Å². The zero-order valence-corrected chi connectivity index (χ0v) is 16.9. The largest absolute Gasteiger partial charge is 0.490 e. The molecule has 0 atom stereocenters. The minimum atomic E-state index is -0.168. The standard InChI is InChI=1S/C23H29N3O3/c1-3-5-6-10-22(27)26-20-9-7-8-19(16-20)24-17-23(28)25-18-11-13-21(14-12-18)29-15-4-2/h4,7-9,11-14,16,24H,2-3,5-6,10,15,17H2,1H3,(H,25,28)(H,26,27). The van der Waals surface area contributed by atoms with Gasteiger partial charge in [0.1, 0.15) is 12.4 Å². The van der Waals surface area contributed by atoms with E-state index in [1.807, 2.05) is 24.3 Å². The third kappa shape index (κ3) is 8.51. The number of benzene rings is 2. The Morgan fingerprint density at radius 1 is 0.966 bits per heavy atom. The second kappa shape index (κ2) is 12.2. The molecule has 0 fully saturated rings. The number of anilines is 3. The molecular weight excluding hydrogens is 366 g/mol. The summed E-state index contributed by atoms with van der Waals surface area (Å²) in [7, 11) is 0. The zero-order chi connectivity index (χ0) is 20.9. The lowest BCUT2D eigenvalue weighted by Gasteiger charge is -2.10. The van der Waals surface area contributed by atoms with Gasteiger partial charge in [-0.1, -0.05) is 38.5 Å². The fraction of sp³-hybridized carbons (Fsp3) is 0.304. The number of carbonyl (C=O) groups excluding carboxylic acids is 2. The van der Waals surface area contributed by atoms with Crippen molar-refractivity contribution in [2.45, 2.75) is 32.6 Å². The summed E-state index contributed by atoms with van der Waals surface area (Å²) in [6.07, 6.45) is 5.22. The van der Waals surface area contributed by atoms with Gasteiger partial charge in [0.25, 0.3) is 0 Å². The number of hydrogen-bond acceptors (Lipinski definition) is 4. The average molecular weight is 396 g/mol. The topological polar surface area (TPSA) is 79.5 Å². The molecule has 0 saturated carbocycles. The van der Waals surface area contributed by atoms with E-state index in [1.54, 1.807) is 30.3 Å². The molecule has 2 amide bonds. The lowest BCUT2D eigenvalue weighted by Crippen LogP contribution is -2.21. The van der Waals surface area contributed by atoms with Crippen LogP contribution in [0.4, 0.5) is 17.1 Å². The van der Waals surface area contributed by atoms with Crippen LogP contribution in [0.25, 0.3) is 0 Å². The van der Waals surface area contributed by atoms with E-state index in [-0.39, 0.29) is 18.4 Å².